The van der Waals surface area contributed by atoms with Gasteiger partial charge in [-0.15, -0.1) is 0 Å². The largest absolute Gasteiger partial charge is 0.299 e. The molecule has 0 aliphatic carbocycles. The Bertz CT molecular complexity index is 543. The van der Waals surface area contributed by atoms with Crippen molar-refractivity contribution in [1.82, 2.24) is 9.78 Å². The van der Waals surface area contributed by atoms with Crippen molar-refractivity contribution in [1.29, 1.82) is 0 Å². The number of hydrogen-bond donors (Lipinski definition) is 0. The Balaban J connectivity index is 2.04. The zero-order valence-corrected chi connectivity index (χ0v) is 11.6. The Labute approximate surface area is 114 Å². The lowest BCUT2D eigenvalue weighted by Gasteiger charge is -2.04. The maximum Gasteiger partial charge on any atom is 0.143 e. The number of carbonyl (C=O) groups excluding carboxylic acids is 1. The van der Waals surface area contributed by atoms with Gasteiger partial charge in [-0.3, -0.25) is 9.48 Å². The summed E-state index contributed by atoms with van der Waals surface area (Å²) in [6.45, 7) is 4.95. The van der Waals surface area contributed by atoms with E-state index in [1.54, 1.807) is 0 Å². The molecule has 0 spiro atoms. The molecule has 0 aliphatic rings. The van der Waals surface area contributed by atoms with Crippen LogP contribution in [0.1, 0.15) is 30.8 Å². The van der Waals surface area contributed by atoms with E-state index in [1.807, 2.05) is 41.1 Å². The van der Waals surface area contributed by atoms with Crippen LogP contribution in [0.15, 0.2) is 36.4 Å². The number of nitrogens with zero attached hydrogens (tertiary/aromatic N) is 2. The number of benzene rings is 1. The van der Waals surface area contributed by atoms with E-state index in [0.717, 1.165) is 29.9 Å². The molecule has 3 heteroatoms. The van der Waals surface area contributed by atoms with E-state index >= 15 is 0 Å². The molecule has 0 atom stereocenters. The maximum atomic E-state index is 12.1. The number of carbonyl (C=O) groups is 1. The van der Waals surface area contributed by atoms with E-state index in [9.17, 15) is 4.79 Å². The number of hydrogen-bond acceptors (Lipinski definition) is 2. The van der Waals surface area contributed by atoms with Gasteiger partial charge in [0.05, 0.1) is 5.69 Å². The molecule has 0 fully saturated rings. The molecule has 3 nitrogen and oxygen atoms in total. The lowest BCUT2D eigenvalue weighted by molar-refractivity contribution is -0.117. The Morgan fingerprint density at radius 2 is 1.89 bits per heavy atom. The highest BCUT2D eigenvalue weighted by molar-refractivity contribution is 5.82. The molecule has 1 aromatic carbocycles. The summed E-state index contributed by atoms with van der Waals surface area (Å²) in [5.41, 5.74) is 3.16. The predicted molar refractivity (Wildman–Crippen MR) is 76.1 cm³/mol. The highest BCUT2D eigenvalue weighted by Gasteiger charge is 2.11. The second-order valence-corrected chi connectivity index (χ2v) is 4.67. The van der Waals surface area contributed by atoms with Crippen molar-refractivity contribution in [2.75, 3.05) is 0 Å². The molecule has 0 radical (unpaired) electrons. The van der Waals surface area contributed by atoms with Gasteiger partial charge >= 0.3 is 0 Å². The lowest BCUT2D eigenvalue weighted by atomic mass is 10.1. The minimum atomic E-state index is 0.239. The van der Waals surface area contributed by atoms with Crippen LogP contribution in [-0.2, 0) is 30.6 Å². The van der Waals surface area contributed by atoms with Crippen LogP contribution in [0.4, 0.5) is 0 Å². The van der Waals surface area contributed by atoms with Gasteiger partial charge < -0.3 is 0 Å². The highest BCUT2D eigenvalue weighted by Crippen LogP contribution is 2.09. The summed E-state index contributed by atoms with van der Waals surface area (Å²) in [7, 11) is 0. The van der Waals surface area contributed by atoms with Crippen molar-refractivity contribution in [2.24, 2.45) is 0 Å². The molecular formula is C16H20N2O. The predicted octanol–water partition coefficient (Wildman–Crippen LogP) is 2.82. The quantitative estimate of drug-likeness (QED) is 0.796. The minimum absolute atomic E-state index is 0.239. The third-order valence-electron chi connectivity index (χ3n) is 3.20. The van der Waals surface area contributed by atoms with E-state index in [1.165, 1.54) is 0 Å². The Hall–Kier alpha value is -1.90. The van der Waals surface area contributed by atoms with Crippen LogP contribution in [0.5, 0.6) is 0 Å². The topological polar surface area (TPSA) is 34.9 Å². The van der Waals surface area contributed by atoms with Crippen LogP contribution >= 0.6 is 0 Å². The summed E-state index contributed by atoms with van der Waals surface area (Å²) in [4.78, 5) is 12.1. The molecular weight excluding hydrogens is 236 g/mol. The first kappa shape index (κ1) is 13.5. The Morgan fingerprint density at radius 3 is 2.53 bits per heavy atom. The number of aromatic nitrogens is 2. The molecule has 1 heterocycles. The first-order valence-electron chi connectivity index (χ1n) is 6.84. The average molecular weight is 256 g/mol. The fraction of sp³-hybridized carbons (Fsp3) is 0.375. The van der Waals surface area contributed by atoms with Gasteiger partial charge in [-0.25, -0.2) is 0 Å². The van der Waals surface area contributed by atoms with Crippen LogP contribution in [0.2, 0.25) is 0 Å². The maximum absolute atomic E-state index is 12.1. The van der Waals surface area contributed by atoms with E-state index in [2.05, 4.69) is 18.9 Å². The minimum Gasteiger partial charge on any atom is -0.299 e. The Kier molecular flexibility index (Phi) is 4.50. The summed E-state index contributed by atoms with van der Waals surface area (Å²) in [6.07, 6.45) is 1.87. The van der Waals surface area contributed by atoms with E-state index in [0.29, 0.717) is 12.8 Å². The molecule has 0 N–H and O–H groups in total. The summed E-state index contributed by atoms with van der Waals surface area (Å²) < 4.78 is 1.93. The van der Waals surface area contributed by atoms with Crippen molar-refractivity contribution < 1.29 is 4.79 Å². The van der Waals surface area contributed by atoms with Gasteiger partial charge in [-0.2, -0.15) is 5.10 Å². The molecule has 1 aromatic heterocycles. The number of aryl methyl sites for hydroxylation is 2. The fourth-order valence-corrected chi connectivity index (χ4v) is 2.19. The van der Waals surface area contributed by atoms with Crippen LogP contribution < -0.4 is 0 Å². The first-order valence-corrected chi connectivity index (χ1v) is 6.84. The molecule has 100 valence electrons. The van der Waals surface area contributed by atoms with Crippen LogP contribution in [0, 0.1) is 0 Å². The molecule has 0 saturated carbocycles. The normalized spacial score (nSPS) is 10.6. The third-order valence-corrected chi connectivity index (χ3v) is 3.20. The number of Topliss-reactive ketones (excluding diaryl/α,β-unsaturated/α-hetero) is 1. The average Bonchev–Trinajstić information content (AvgIpc) is 2.82. The first-order chi connectivity index (χ1) is 9.22. The summed E-state index contributed by atoms with van der Waals surface area (Å²) in [5.74, 6) is 0.239. The van der Waals surface area contributed by atoms with Gasteiger partial charge in [-0.1, -0.05) is 37.3 Å². The molecule has 0 aliphatic heterocycles. The molecule has 2 rings (SSSR count). The summed E-state index contributed by atoms with van der Waals surface area (Å²) in [6, 6.07) is 11.9. The van der Waals surface area contributed by atoms with E-state index in [-0.39, 0.29) is 5.78 Å². The lowest BCUT2D eigenvalue weighted by Crippen LogP contribution is -2.11. The fourth-order valence-electron chi connectivity index (χ4n) is 2.19. The number of ketones is 1. The summed E-state index contributed by atoms with van der Waals surface area (Å²) >= 11 is 0. The molecule has 0 saturated heterocycles. The Morgan fingerprint density at radius 1 is 1.16 bits per heavy atom. The van der Waals surface area contributed by atoms with Gasteiger partial charge in [-0.05, 0) is 25.0 Å². The van der Waals surface area contributed by atoms with Crippen molar-refractivity contribution in [3.8, 4) is 0 Å². The van der Waals surface area contributed by atoms with Crippen molar-refractivity contribution in [3.63, 3.8) is 0 Å². The zero-order valence-electron chi connectivity index (χ0n) is 11.6. The van der Waals surface area contributed by atoms with E-state index in [4.69, 9.17) is 0 Å². The van der Waals surface area contributed by atoms with Crippen molar-refractivity contribution in [2.45, 2.75) is 39.7 Å². The van der Waals surface area contributed by atoms with Gasteiger partial charge in [0, 0.05) is 25.1 Å². The molecule has 0 amide bonds. The standard InChI is InChI=1S/C16H20N2O/c1-3-14-11-15(18(4-2)17-14)12-16(19)10-13-8-6-5-7-9-13/h5-9,11H,3-4,10,12H2,1-2H3. The smallest absolute Gasteiger partial charge is 0.143 e. The van der Waals surface area contributed by atoms with Gasteiger partial charge in [0.25, 0.3) is 0 Å². The number of rotatable bonds is 6. The SMILES string of the molecule is CCc1cc(CC(=O)Cc2ccccc2)n(CC)n1. The monoisotopic (exact) mass is 256 g/mol. The van der Waals surface area contributed by atoms with Gasteiger partial charge in [0.2, 0.25) is 0 Å². The van der Waals surface area contributed by atoms with Crippen molar-refractivity contribution >= 4 is 5.78 Å². The second kappa shape index (κ2) is 6.32. The summed E-state index contributed by atoms with van der Waals surface area (Å²) in [5, 5.41) is 4.47. The van der Waals surface area contributed by atoms with Crippen LogP contribution in [-0.4, -0.2) is 15.6 Å². The van der Waals surface area contributed by atoms with Gasteiger partial charge in [0.1, 0.15) is 5.78 Å². The van der Waals surface area contributed by atoms with Gasteiger partial charge in [0.15, 0.2) is 0 Å². The highest BCUT2D eigenvalue weighted by atomic mass is 16.1. The van der Waals surface area contributed by atoms with Crippen molar-refractivity contribution in [3.05, 3.63) is 53.3 Å². The molecule has 19 heavy (non-hydrogen) atoms. The molecule has 2 aromatic rings. The molecule has 0 bridgehead atoms. The van der Waals surface area contributed by atoms with Crippen LogP contribution in [0.25, 0.3) is 0 Å². The zero-order chi connectivity index (χ0) is 13.7. The molecule has 0 unspecified atom stereocenters. The van der Waals surface area contributed by atoms with E-state index < -0.39 is 0 Å². The second-order valence-electron chi connectivity index (χ2n) is 4.67. The third kappa shape index (κ3) is 3.53. The van der Waals surface area contributed by atoms with Crippen LogP contribution in [0.3, 0.4) is 0 Å².